The first kappa shape index (κ1) is 20.8. The molecule has 3 aromatic rings. The maximum absolute atomic E-state index is 12.7. The number of rotatable bonds is 2. The van der Waals surface area contributed by atoms with Crippen LogP contribution in [0.4, 0.5) is 13.2 Å². The summed E-state index contributed by atoms with van der Waals surface area (Å²) >= 11 is 0. The number of ether oxygens (including phenoxy) is 1. The minimum absolute atomic E-state index is 0.235. The topological polar surface area (TPSA) is 50.8 Å². The largest absolute Gasteiger partial charge is 0.573 e. The van der Waals surface area contributed by atoms with Crippen molar-refractivity contribution < 1.29 is 17.9 Å². The Kier molecular flexibility index (Phi) is 4.37. The molecule has 3 aliphatic rings. The van der Waals surface area contributed by atoms with Crippen LogP contribution in [0.15, 0.2) is 71.7 Å². The van der Waals surface area contributed by atoms with E-state index in [0.717, 1.165) is 47.2 Å². The van der Waals surface area contributed by atoms with Crippen LogP contribution in [0.1, 0.15) is 28.7 Å². The lowest BCUT2D eigenvalue weighted by Gasteiger charge is -2.36. The lowest BCUT2D eigenvalue weighted by Crippen LogP contribution is -2.43. The van der Waals surface area contributed by atoms with Crippen molar-refractivity contribution in [2.45, 2.75) is 31.2 Å². The molecule has 3 aromatic carbocycles. The lowest BCUT2D eigenvalue weighted by molar-refractivity contribution is -0.274. The number of alkyl halides is 3. The second kappa shape index (κ2) is 7.13. The number of aryl methyl sites for hydroxylation is 1. The molecule has 0 radical (unpaired) electrons. The van der Waals surface area contributed by atoms with Crippen LogP contribution in [-0.2, 0) is 12.8 Å². The van der Waals surface area contributed by atoms with Crippen molar-refractivity contribution in [1.29, 1.82) is 0 Å². The highest BCUT2D eigenvalue weighted by Gasteiger charge is 2.48. The fourth-order valence-electron chi connectivity index (χ4n) is 5.59. The summed E-state index contributed by atoms with van der Waals surface area (Å²) in [6.45, 7) is 0. The van der Waals surface area contributed by atoms with Gasteiger partial charge in [-0.25, -0.2) is 4.99 Å². The van der Waals surface area contributed by atoms with Gasteiger partial charge in [0.15, 0.2) is 5.96 Å². The first-order valence-electron chi connectivity index (χ1n) is 11.2. The molecule has 0 spiro atoms. The van der Waals surface area contributed by atoms with Gasteiger partial charge in [-0.15, -0.1) is 13.2 Å². The number of hydrogen-bond acceptors (Lipinski definition) is 4. The number of nitrogens with zero attached hydrogens (tertiary/aromatic N) is 2. The van der Waals surface area contributed by atoms with Crippen molar-refractivity contribution in [3.8, 4) is 16.9 Å². The first-order valence-corrected chi connectivity index (χ1v) is 11.2. The van der Waals surface area contributed by atoms with Crippen LogP contribution in [0.2, 0.25) is 0 Å². The van der Waals surface area contributed by atoms with Gasteiger partial charge < -0.3 is 15.4 Å². The van der Waals surface area contributed by atoms with Crippen molar-refractivity contribution in [3.05, 3.63) is 89.0 Å². The molecular formula is C27H22F3N3O. The Labute approximate surface area is 195 Å². The fourth-order valence-corrected chi connectivity index (χ4v) is 5.59. The van der Waals surface area contributed by atoms with E-state index in [1.165, 1.54) is 23.3 Å². The Hall–Kier alpha value is -3.74. The van der Waals surface area contributed by atoms with Gasteiger partial charge in [0.25, 0.3) is 0 Å². The molecule has 0 fully saturated rings. The average Bonchev–Trinajstić information content (AvgIpc) is 3.05. The van der Waals surface area contributed by atoms with E-state index < -0.39 is 11.9 Å². The molecule has 0 amide bonds. The standard InChI is InChI=1S/C27H22F3N3O/c1-33-24-21-8-3-2-5-16(21)11-12-26(32-25(33)31)15-19-10-9-18(14-22(19)23(24)26)17-6-4-7-20(13-17)34-27(28,29)30/h2-10,13-14H,11-12,15H2,1H3,(H2,31,32). The molecule has 2 N–H and O–H groups in total. The van der Waals surface area contributed by atoms with Crippen LogP contribution in [-0.4, -0.2) is 29.8 Å². The average molecular weight is 461 g/mol. The quantitative estimate of drug-likeness (QED) is 0.539. The van der Waals surface area contributed by atoms with Crippen molar-refractivity contribution >= 4 is 17.2 Å². The zero-order valence-electron chi connectivity index (χ0n) is 18.5. The molecule has 1 aliphatic heterocycles. The third-order valence-corrected chi connectivity index (χ3v) is 7.05. The van der Waals surface area contributed by atoms with Crippen LogP contribution in [0, 0.1) is 0 Å². The molecule has 34 heavy (non-hydrogen) atoms. The SMILES string of the molecule is CN1C(N)=NC23CCc4ccccc4C1=C2c1cc(-c2cccc(OC(F)(F)F)c2)ccc1C3. The van der Waals surface area contributed by atoms with Gasteiger partial charge in [-0.05, 0) is 58.9 Å². The zero-order chi connectivity index (χ0) is 23.7. The Morgan fingerprint density at radius 3 is 2.56 bits per heavy atom. The smallest absolute Gasteiger partial charge is 0.406 e. The van der Waals surface area contributed by atoms with Gasteiger partial charge in [-0.3, -0.25) is 0 Å². The van der Waals surface area contributed by atoms with Crippen LogP contribution in [0.3, 0.4) is 0 Å². The van der Waals surface area contributed by atoms with Gasteiger partial charge in [0.1, 0.15) is 5.75 Å². The summed E-state index contributed by atoms with van der Waals surface area (Å²) < 4.78 is 42.4. The monoisotopic (exact) mass is 461 g/mol. The van der Waals surface area contributed by atoms with E-state index in [-0.39, 0.29) is 5.75 Å². The maximum Gasteiger partial charge on any atom is 0.573 e. The molecule has 6 rings (SSSR count). The highest BCUT2D eigenvalue weighted by Crippen LogP contribution is 2.54. The second-order valence-corrected chi connectivity index (χ2v) is 9.07. The molecule has 0 saturated carbocycles. The van der Waals surface area contributed by atoms with Crippen molar-refractivity contribution in [1.82, 2.24) is 4.90 Å². The molecule has 7 heteroatoms. The summed E-state index contributed by atoms with van der Waals surface area (Å²) in [5, 5.41) is 0. The van der Waals surface area contributed by atoms with Crippen LogP contribution < -0.4 is 10.5 Å². The third-order valence-electron chi connectivity index (χ3n) is 7.05. The highest BCUT2D eigenvalue weighted by molar-refractivity contribution is 6.07. The van der Waals surface area contributed by atoms with E-state index in [1.807, 2.05) is 24.1 Å². The number of aliphatic imine (C=N–C) groups is 1. The minimum atomic E-state index is -4.73. The van der Waals surface area contributed by atoms with Gasteiger partial charge in [-0.2, -0.15) is 0 Å². The molecule has 172 valence electrons. The highest BCUT2D eigenvalue weighted by atomic mass is 19.4. The van der Waals surface area contributed by atoms with Gasteiger partial charge in [0.2, 0.25) is 0 Å². The van der Waals surface area contributed by atoms with Crippen molar-refractivity contribution in [2.75, 3.05) is 7.05 Å². The predicted molar refractivity (Wildman–Crippen MR) is 126 cm³/mol. The molecule has 0 saturated heterocycles. The molecule has 2 aliphatic carbocycles. The van der Waals surface area contributed by atoms with Gasteiger partial charge in [-0.1, -0.05) is 48.5 Å². The summed E-state index contributed by atoms with van der Waals surface area (Å²) in [6.07, 6.45) is -2.24. The Morgan fingerprint density at radius 2 is 1.74 bits per heavy atom. The number of guanidine groups is 1. The number of nitrogens with two attached hydrogens (primary N) is 1. The molecule has 1 atom stereocenters. The van der Waals surface area contributed by atoms with Crippen LogP contribution in [0.5, 0.6) is 5.75 Å². The maximum atomic E-state index is 12.7. The van der Waals surface area contributed by atoms with E-state index in [1.54, 1.807) is 12.1 Å². The third kappa shape index (κ3) is 3.18. The van der Waals surface area contributed by atoms with Gasteiger partial charge in [0.05, 0.1) is 11.2 Å². The summed E-state index contributed by atoms with van der Waals surface area (Å²) in [4.78, 5) is 6.96. The van der Waals surface area contributed by atoms with E-state index in [2.05, 4.69) is 35.1 Å². The van der Waals surface area contributed by atoms with E-state index in [4.69, 9.17) is 10.7 Å². The normalized spacial score (nSPS) is 20.8. The summed E-state index contributed by atoms with van der Waals surface area (Å²) in [7, 11) is 1.94. The minimum Gasteiger partial charge on any atom is -0.406 e. The van der Waals surface area contributed by atoms with Gasteiger partial charge in [0, 0.05) is 24.6 Å². The van der Waals surface area contributed by atoms with Crippen molar-refractivity contribution in [2.24, 2.45) is 10.7 Å². The van der Waals surface area contributed by atoms with Gasteiger partial charge >= 0.3 is 6.36 Å². The number of fused-ring (bicyclic) bond motifs is 3. The second-order valence-electron chi connectivity index (χ2n) is 9.07. The molecule has 2 bridgehead atoms. The predicted octanol–water partition coefficient (Wildman–Crippen LogP) is 5.62. The first-order chi connectivity index (χ1) is 16.2. The Balaban J connectivity index is 1.53. The number of hydrogen-bond donors (Lipinski definition) is 1. The zero-order valence-corrected chi connectivity index (χ0v) is 18.5. The van der Waals surface area contributed by atoms with E-state index >= 15 is 0 Å². The molecule has 1 unspecified atom stereocenters. The van der Waals surface area contributed by atoms with Crippen LogP contribution >= 0.6 is 0 Å². The summed E-state index contributed by atoms with van der Waals surface area (Å²) in [5.41, 5.74) is 14.3. The van der Waals surface area contributed by atoms with Crippen molar-refractivity contribution in [3.63, 3.8) is 0 Å². The molecule has 1 heterocycles. The fraction of sp³-hybridized carbons (Fsp3) is 0.222. The number of benzene rings is 3. The molecule has 4 nitrogen and oxygen atoms in total. The summed E-state index contributed by atoms with van der Waals surface area (Å²) in [5.74, 6) is 0.266. The molecular weight excluding hydrogens is 439 g/mol. The number of halogens is 3. The Bertz CT molecular complexity index is 1390. The molecule has 0 aromatic heterocycles. The van der Waals surface area contributed by atoms with E-state index in [0.29, 0.717) is 11.5 Å². The lowest BCUT2D eigenvalue weighted by atomic mass is 9.84. The van der Waals surface area contributed by atoms with Crippen LogP contribution in [0.25, 0.3) is 22.4 Å². The Morgan fingerprint density at radius 1 is 0.941 bits per heavy atom. The van der Waals surface area contributed by atoms with E-state index in [9.17, 15) is 13.2 Å². The summed E-state index contributed by atoms with van der Waals surface area (Å²) in [6, 6.07) is 20.5.